The van der Waals surface area contributed by atoms with Crippen LogP contribution in [-0.2, 0) is 9.84 Å². The van der Waals surface area contributed by atoms with Gasteiger partial charge < -0.3 is 10.1 Å². The molecule has 0 amide bonds. The lowest BCUT2D eigenvalue weighted by atomic mass is 10.1. The van der Waals surface area contributed by atoms with Gasteiger partial charge in [0, 0.05) is 6.04 Å². The molecule has 4 nitrogen and oxygen atoms in total. The normalized spacial score (nSPS) is 14.8. The molecule has 5 heteroatoms. The first-order valence-corrected chi connectivity index (χ1v) is 8.61. The summed E-state index contributed by atoms with van der Waals surface area (Å²) < 4.78 is 31.0. The quantitative estimate of drug-likeness (QED) is 0.802. The van der Waals surface area contributed by atoms with Crippen molar-refractivity contribution in [3.63, 3.8) is 0 Å². The Labute approximate surface area is 122 Å². The minimum absolute atomic E-state index is 0.0417. The molecule has 1 rings (SSSR count). The van der Waals surface area contributed by atoms with E-state index < -0.39 is 15.1 Å². The van der Waals surface area contributed by atoms with Gasteiger partial charge in [0.05, 0.1) is 12.4 Å². The molecular weight excluding hydrogens is 274 g/mol. The molecule has 2 unspecified atom stereocenters. The van der Waals surface area contributed by atoms with Crippen LogP contribution in [0.15, 0.2) is 29.2 Å². The van der Waals surface area contributed by atoms with Crippen molar-refractivity contribution in [2.24, 2.45) is 0 Å². The molecule has 20 heavy (non-hydrogen) atoms. The number of nitrogens with one attached hydrogen (secondary N) is 1. The minimum atomic E-state index is -3.41. The molecule has 1 N–H and O–H groups in total. The molecule has 0 saturated heterocycles. The molecule has 0 bridgehead atoms. The Kier molecular flexibility index (Phi) is 6.49. The number of methoxy groups -OCH3 is 1. The average Bonchev–Trinajstić information content (AvgIpc) is 2.46. The summed E-state index contributed by atoms with van der Waals surface area (Å²) in [5.74, 6) is 0.414. The van der Waals surface area contributed by atoms with Crippen LogP contribution in [0.4, 0.5) is 0 Å². The Bertz CT molecular complexity index is 514. The molecule has 1 aromatic carbocycles. The SMILES string of the molecule is CCCC(NC)C(CC)S(=O)(=O)c1ccccc1OC. The highest BCUT2D eigenvalue weighted by Gasteiger charge is 2.33. The van der Waals surface area contributed by atoms with E-state index >= 15 is 0 Å². The zero-order chi connectivity index (χ0) is 15.2. The van der Waals surface area contributed by atoms with E-state index in [0.717, 1.165) is 12.8 Å². The maximum atomic E-state index is 12.9. The predicted octanol–water partition coefficient (Wildman–Crippen LogP) is 2.64. The highest BCUT2D eigenvalue weighted by atomic mass is 32.2. The molecule has 0 aliphatic rings. The summed E-state index contributed by atoms with van der Waals surface area (Å²) >= 11 is 0. The van der Waals surface area contributed by atoms with E-state index in [0.29, 0.717) is 12.2 Å². The van der Waals surface area contributed by atoms with E-state index in [1.165, 1.54) is 7.11 Å². The summed E-state index contributed by atoms with van der Waals surface area (Å²) in [6.07, 6.45) is 2.36. The number of benzene rings is 1. The predicted molar refractivity (Wildman–Crippen MR) is 82.0 cm³/mol. The Morgan fingerprint density at radius 1 is 1.25 bits per heavy atom. The summed E-state index contributed by atoms with van der Waals surface area (Å²) in [6.45, 7) is 3.98. The van der Waals surface area contributed by atoms with E-state index in [1.54, 1.807) is 24.3 Å². The van der Waals surface area contributed by atoms with Gasteiger partial charge in [0.25, 0.3) is 0 Å². The number of hydrogen-bond donors (Lipinski definition) is 1. The number of sulfone groups is 1. The third-order valence-electron chi connectivity index (χ3n) is 3.60. The zero-order valence-corrected chi connectivity index (χ0v) is 13.5. The lowest BCUT2D eigenvalue weighted by molar-refractivity contribution is 0.400. The smallest absolute Gasteiger partial charge is 0.186 e. The van der Waals surface area contributed by atoms with Crippen molar-refractivity contribution < 1.29 is 13.2 Å². The number of hydrogen-bond acceptors (Lipinski definition) is 4. The van der Waals surface area contributed by atoms with Crippen molar-refractivity contribution in [2.45, 2.75) is 49.3 Å². The van der Waals surface area contributed by atoms with E-state index in [-0.39, 0.29) is 10.9 Å². The Balaban J connectivity index is 3.24. The van der Waals surface area contributed by atoms with Crippen LogP contribution in [0.3, 0.4) is 0 Å². The van der Waals surface area contributed by atoms with Gasteiger partial charge in [0.1, 0.15) is 10.6 Å². The van der Waals surface area contributed by atoms with Crippen molar-refractivity contribution in [1.82, 2.24) is 5.32 Å². The maximum absolute atomic E-state index is 12.9. The third-order valence-corrected chi connectivity index (χ3v) is 6.01. The van der Waals surface area contributed by atoms with Crippen molar-refractivity contribution in [2.75, 3.05) is 14.2 Å². The molecule has 0 aliphatic carbocycles. The lowest BCUT2D eigenvalue weighted by Gasteiger charge is -2.26. The van der Waals surface area contributed by atoms with Gasteiger partial charge in [0.15, 0.2) is 9.84 Å². The first-order valence-electron chi connectivity index (χ1n) is 7.07. The van der Waals surface area contributed by atoms with E-state index in [4.69, 9.17) is 4.74 Å². The van der Waals surface area contributed by atoms with Crippen LogP contribution in [-0.4, -0.2) is 33.9 Å². The Hall–Kier alpha value is -1.07. The standard InChI is InChI=1S/C15H25NO3S/c1-5-9-12(16-3)14(6-2)20(17,18)15-11-8-7-10-13(15)19-4/h7-8,10-12,14,16H,5-6,9H2,1-4H3. The zero-order valence-electron chi connectivity index (χ0n) is 12.7. The lowest BCUT2D eigenvalue weighted by Crippen LogP contribution is -2.42. The average molecular weight is 299 g/mol. The van der Waals surface area contributed by atoms with E-state index in [2.05, 4.69) is 12.2 Å². The summed E-state index contributed by atoms with van der Waals surface area (Å²) in [6, 6.07) is 6.78. The molecule has 0 radical (unpaired) electrons. The fourth-order valence-electron chi connectivity index (χ4n) is 2.56. The molecule has 0 saturated carbocycles. The van der Waals surface area contributed by atoms with Crippen LogP contribution in [0.25, 0.3) is 0 Å². The molecule has 2 atom stereocenters. The maximum Gasteiger partial charge on any atom is 0.186 e. The summed E-state index contributed by atoms with van der Waals surface area (Å²) in [5, 5.41) is 2.71. The number of ether oxygens (including phenoxy) is 1. The van der Waals surface area contributed by atoms with Gasteiger partial charge in [-0.05, 0) is 32.0 Å². The van der Waals surface area contributed by atoms with Crippen LogP contribution in [0, 0.1) is 0 Å². The van der Waals surface area contributed by atoms with Gasteiger partial charge >= 0.3 is 0 Å². The third kappa shape index (κ3) is 3.52. The van der Waals surface area contributed by atoms with Crippen LogP contribution in [0.2, 0.25) is 0 Å². The van der Waals surface area contributed by atoms with Gasteiger partial charge in [-0.3, -0.25) is 0 Å². The molecule has 114 valence electrons. The monoisotopic (exact) mass is 299 g/mol. The van der Waals surface area contributed by atoms with Crippen molar-refractivity contribution in [1.29, 1.82) is 0 Å². The van der Waals surface area contributed by atoms with Crippen molar-refractivity contribution in [3.8, 4) is 5.75 Å². The molecule has 0 fully saturated rings. The second-order valence-corrected chi connectivity index (χ2v) is 6.96. The number of para-hydroxylation sites is 1. The van der Waals surface area contributed by atoms with Crippen LogP contribution >= 0.6 is 0 Å². The Morgan fingerprint density at radius 3 is 2.40 bits per heavy atom. The largest absolute Gasteiger partial charge is 0.495 e. The van der Waals surface area contributed by atoms with Crippen LogP contribution in [0.1, 0.15) is 33.1 Å². The highest BCUT2D eigenvalue weighted by molar-refractivity contribution is 7.92. The summed E-state index contributed by atoms with van der Waals surface area (Å²) in [4.78, 5) is 0.283. The van der Waals surface area contributed by atoms with E-state index in [1.807, 2.05) is 14.0 Å². The molecule has 0 aromatic heterocycles. The highest BCUT2D eigenvalue weighted by Crippen LogP contribution is 2.29. The topological polar surface area (TPSA) is 55.4 Å². The van der Waals surface area contributed by atoms with Crippen molar-refractivity contribution >= 4 is 9.84 Å². The first-order chi connectivity index (χ1) is 9.52. The molecule has 0 aliphatic heterocycles. The van der Waals surface area contributed by atoms with E-state index in [9.17, 15) is 8.42 Å². The van der Waals surface area contributed by atoms with Crippen LogP contribution < -0.4 is 10.1 Å². The second-order valence-electron chi connectivity index (χ2n) is 4.83. The molecule has 1 aromatic rings. The summed E-state index contributed by atoms with van der Waals surface area (Å²) in [5.41, 5.74) is 0. The molecular formula is C15H25NO3S. The van der Waals surface area contributed by atoms with Crippen molar-refractivity contribution in [3.05, 3.63) is 24.3 Å². The molecule has 0 spiro atoms. The molecule has 0 heterocycles. The van der Waals surface area contributed by atoms with Gasteiger partial charge in [-0.2, -0.15) is 0 Å². The summed E-state index contributed by atoms with van der Waals surface area (Å²) in [7, 11) is -0.0978. The number of rotatable bonds is 8. The fourth-order valence-corrected chi connectivity index (χ4v) is 4.73. The van der Waals surface area contributed by atoms with Gasteiger partial charge in [-0.1, -0.05) is 32.4 Å². The second kappa shape index (κ2) is 7.64. The van der Waals surface area contributed by atoms with Gasteiger partial charge in [-0.25, -0.2) is 8.42 Å². The van der Waals surface area contributed by atoms with Gasteiger partial charge in [-0.15, -0.1) is 0 Å². The van der Waals surface area contributed by atoms with Gasteiger partial charge in [0.2, 0.25) is 0 Å². The van der Waals surface area contributed by atoms with Crippen LogP contribution in [0.5, 0.6) is 5.75 Å². The fraction of sp³-hybridized carbons (Fsp3) is 0.600. The Morgan fingerprint density at radius 2 is 1.90 bits per heavy atom. The minimum Gasteiger partial charge on any atom is -0.495 e. The first kappa shape index (κ1) is 17.0.